The number of nitrogens with zero attached hydrogens (tertiary/aromatic N) is 2. The molecule has 0 amide bonds. The van der Waals surface area contributed by atoms with Crippen LogP contribution >= 0.6 is 0 Å². The molecule has 0 saturated heterocycles. The number of nitrogens with two attached hydrogens (primary N) is 1. The van der Waals surface area contributed by atoms with Crippen molar-refractivity contribution in [2.45, 2.75) is 26.8 Å². The van der Waals surface area contributed by atoms with Crippen LogP contribution in [0.1, 0.15) is 41.5 Å². The molecule has 20 heavy (non-hydrogen) atoms. The number of carbonyl (C=O) groups excluding carboxylic acids is 1. The fourth-order valence-electron chi connectivity index (χ4n) is 2.10. The Bertz CT molecular complexity index is 645. The molecule has 106 valence electrons. The summed E-state index contributed by atoms with van der Waals surface area (Å²) in [6, 6.07) is 5.46. The largest absolute Gasteiger partial charge is 0.493 e. The zero-order valence-corrected chi connectivity index (χ0v) is 12.2. The maximum atomic E-state index is 12.8. The van der Waals surface area contributed by atoms with Gasteiger partial charge in [-0.1, -0.05) is 11.6 Å². The van der Waals surface area contributed by atoms with Crippen LogP contribution in [0.3, 0.4) is 0 Å². The van der Waals surface area contributed by atoms with Crippen LogP contribution in [-0.2, 0) is 0 Å². The van der Waals surface area contributed by atoms with E-state index in [4.69, 9.17) is 10.5 Å². The maximum Gasteiger partial charge on any atom is 0.216 e. The Balaban J connectivity index is 2.58. The molecule has 1 aromatic carbocycles. The Hall–Kier alpha value is -2.30. The van der Waals surface area contributed by atoms with Crippen LogP contribution in [0.5, 0.6) is 5.75 Å². The van der Waals surface area contributed by atoms with E-state index in [0.717, 1.165) is 5.56 Å². The van der Waals surface area contributed by atoms with Gasteiger partial charge in [-0.25, -0.2) is 0 Å². The van der Waals surface area contributed by atoms with Crippen LogP contribution < -0.4 is 10.5 Å². The Labute approximate surface area is 118 Å². The summed E-state index contributed by atoms with van der Waals surface area (Å²) in [6.07, 6.45) is 1.55. The monoisotopic (exact) mass is 273 g/mol. The van der Waals surface area contributed by atoms with E-state index in [9.17, 15) is 4.79 Å². The lowest BCUT2D eigenvalue weighted by Crippen LogP contribution is -2.15. The van der Waals surface area contributed by atoms with Crippen molar-refractivity contribution in [2.75, 3.05) is 12.8 Å². The molecule has 0 aliphatic rings. The third kappa shape index (κ3) is 2.39. The SMILES string of the molecule is COc1cnn(C(C)C)c1C(=O)c1cc(C)ccc1N. The van der Waals surface area contributed by atoms with Crippen molar-refractivity contribution < 1.29 is 9.53 Å². The van der Waals surface area contributed by atoms with E-state index in [1.165, 1.54) is 7.11 Å². The highest BCUT2D eigenvalue weighted by atomic mass is 16.5. The number of nitrogen functional groups attached to an aromatic ring is 1. The highest BCUT2D eigenvalue weighted by molar-refractivity contribution is 6.12. The van der Waals surface area contributed by atoms with Crippen LogP contribution in [0.2, 0.25) is 0 Å². The minimum Gasteiger partial charge on any atom is -0.493 e. The predicted octanol–water partition coefficient (Wildman–Crippen LogP) is 2.59. The van der Waals surface area contributed by atoms with E-state index < -0.39 is 0 Å². The van der Waals surface area contributed by atoms with Crippen molar-refractivity contribution in [1.82, 2.24) is 9.78 Å². The van der Waals surface area contributed by atoms with Crippen molar-refractivity contribution >= 4 is 11.5 Å². The number of anilines is 1. The molecule has 0 radical (unpaired) electrons. The molecule has 0 aliphatic heterocycles. The average Bonchev–Trinajstić information content (AvgIpc) is 2.84. The highest BCUT2D eigenvalue weighted by Crippen LogP contribution is 2.26. The number of benzene rings is 1. The molecule has 0 unspecified atom stereocenters. The summed E-state index contributed by atoms with van der Waals surface area (Å²) in [5.41, 5.74) is 8.27. The third-order valence-electron chi connectivity index (χ3n) is 3.14. The van der Waals surface area contributed by atoms with E-state index in [2.05, 4.69) is 5.10 Å². The molecule has 0 bridgehead atoms. The highest BCUT2D eigenvalue weighted by Gasteiger charge is 2.23. The molecule has 0 spiro atoms. The first-order chi connectivity index (χ1) is 9.45. The molecule has 0 aliphatic carbocycles. The number of aryl methyl sites for hydroxylation is 1. The second-order valence-electron chi connectivity index (χ2n) is 5.02. The molecule has 1 aromatic heterocycles. The second-order valence-corrected chi connectivity index (χ2v) is 5.02. The first-order valence-electron chi connectivity index (χ1n) is 6.48. The molecule has 0 fully saturated rings. The number of carbonyl (C=O) groups is 1. The first-order valence-corrected chi connectivity index (χ1v) is 6.48. The summed E-state index contributed by atoms with van der Waals surface area (Å²) in [4.78, 5) is 12.8. The molecule has 1 heterocycles. The number of ether oxygens (including phenoxy) is 1. The zero-order valence-electron chi connectivity index (χ0n) is 12.2. The quantitative estimate of drug-likeness (QED) is 0.686. The fraction of sp³-hybridized carbons (Fsp3) is 0.333. The van der Waals surface area contributed by atoms with E-state index in [0.29, 0.717) is 22.7 Å². The van der Waals surface area contributed by atoms with Crippen molar-refractivity contribution in [3.05, 3.63) is 41.2 Å². The van der Waals surface area contributed by atoms with Crippen LogP contribution in [0.15, 0.2) is 24.4 Å². The first kappa shape index (κ1) is 14.1. The summed E-state index contributed by atoms with van der Waals surface area (Å²) >= 11 is 0. The summed E-state index contributed by atoms with van der Waals surface area (Å²) in [7, 11) is 1.53. The van der Waals surface area contributed by atoms with Crippen molar-refractivity contribution in [2.24, 2.45) is 0 Å². The standard InChI is InChI=1S/C15H19N3O2/c1-9(2)18-14(13(20-4)8-17-18)15(19)11-7-10(3)5-6-12(11)16/h5-9H,16H2,1-4H3. The van der Waals surface area contributed by atoms with Gasteiger partial charge in [0.1, 0.15) is 0 Å². The summed E-state index contributed by atoms with van der Waals surface area (Å²) in [6.45, 7) is 5.85. The normalized spacial score (nSPS) is 10.8. The Morgan fingerprint density at radius 2 is 2.10 bits per heavy atom. The van der Waals surface area contributed by atoms with Crippen LogP contribution in [0.25, 0.3) is 0 Å². The Morgan fingerprint density at radius 1 is 1.40 bits per heavy atom. The molecular weight excluding hydrogens is 254 g/mol. The number of hydrogen-bond donors (Lipinski definition) is 1. The smallest absolute Gasteiger partial charge is 0.216 e. The van der Waals surface area contributed by atoms with Crippen molar-refractivity contribution in [3.8, 4) is 5.75 Å². The molecule has 5 nitrogen and oxygen atoms in total. The predicted molar refractivity (Wildman–Crippen MR) is 78.2 cm³/mol. The van der Waals surface area contributed by atoms with E-state index >= 15 is 0 Å². The summed E-state index contributed by atoms with van der Waals surface area (Å²) < 4.78 is 6.90. The summed E-state index contributed by atoms with van der Waals surface area (Å²) in [5, 5.41) is 4.22. The van der Waals surface area contributed by atoms with Crippen molar-refractivity contribution in [3.63, 3.8) is 0 Å². The topological polar surface area (TPSA) is 70.1 Å². The third-order valence-corrected chi connectivity index (χ3v) is 3.14. The van der Waals surface area contributed by atoms with Gasteiger partial charge in [0, 0.05) is 17.3 Å². The summed E-state index contributed by atoms with van der Waals surface area (Å²) in [5.74, 6) is 0.291. The number of methoxy groups -OCH3 is 1. The van der Waals surface area contributed by atoms with Gasteiger partial charge in [-0.3, -0.25) is 9.48 Å². The van der Waals surface area contributed by atoms with E-state index in [1.54, 1.807) is 23.0 Å². The molecular formula is C15H19N3O2. The van der Waals surface area contributed by atoms with Gasteiger partial charge in [0.2, 0.25) is 5.78 Å². The van der Waals surface area contributed by atoms with Crippen LogP contribution in [-0.4, -0.2) is 22.7 Å². The number of hydrogen-bond acceptors (Lipinski definition) is 4. The number of ketones is 1. The van der Waals surface area contributed by atoms with E-state index in [1.807, 2.05) is 26.8 Å². The molecule has 0 atom stereocenters. The zero-order chi connectivity index (χ0) is 14.9. The second kappa shape index (κ2) is 5.36. The lowest BCUT2D eigenvalue weighted by Gasteiger charge is -2.12. The van der Waals surface area contributed by atoms with Crippen LogP contribution in [0, 0.1) is 6.92 Å². The molecule has 2 rings (SSSR count). The van der Waals surface area contributed by atoms with Gasteiger partial charge in [0.25, 0.3) is 0 Å². The van der Waals surface area contributed by atoms with Gasteiger partial charge in [0.05, 0.1) is 13.3 Å². The fourth-order valence-corrected chi connectivity index (χ4v) is 2.10. The minimum atomic E-state index is -0.172. The van der Waals surface area contributed by atoms with Gasteiger partial charge in [-0.2, -0.15) is 5.10 Å². The van der Waals surface area contributed by atoms with Crippen molar-refractivity contribution in [1.29, 1.82) is 0 Å². The van der Waals surface area contributed by atoms with Gasteiger partial charge < -0.3 is 10.5 Å². The Kier molecular flexibility index (Phi) is 3.79. The maximum absolute atomic E-state index is 12.8. The number of rotatable bonds is 4. The molecule has 2 aromatic rings. The van der Waals surface area contributed by atoms with Gasteiger partial charge in [-0.15, -0.1) is 0 Å². The molecule has 5 heteroatoms. The molecule has 0 saturated carbocycles. The van der Waals surface area contributed by atoms with Gasteiger partial charge in [0.15, 0.2) is 11.4 Å². The van der Waals surface area contributed by atoms with E-state index in [-0.39, 0.29) is 11.8 Å². The lowest BCUT2D eigenvalue weighted by molar-refractivity contribution is 0.102. The molecule has 2 N–H and O–H groups in total. The number of aromatic nitrogens is 2. The average molecular weight is 273 g/mol. The Morgan fingerprint density at radius 3 is 2.70 bits per heavy atom. The van der Waals surface area contributed by atoms with Gasteiger partial charge >= 0.3 is 0 Å². The lowest BCUT2D eigenvalue weighted by atomic mass is 10.0. The van der Waals surface area contributed by atoms with Gasteiger partial charge in [-0.05, 0) is 32.9 Å². The van der Waals surface area contributed by atoms with Crippen LogP contribution in [0.4, 0.5) is 5.69 Å². The minimum absolute atomic E-state index is 0.0592.